The summed E-state index contributed by atoms with van der Waals surface area (Å²) in [4.78, 5) is 38.9. The molecule has 196 valence electrons. The highest BCUT2D eigenvalue weighted by molar-refractivity contribution is 6.33. The number of aromatic nitrogens is 2. The maximum absolute atomic E-state index is 13.3. The molecule has 1 unspecified atom stereocenters. The molecule has 3 aromatic rings. The van der Waals surface area contributed by atoms with Crippen molar-refractivity contribution in [1.82, 2.24) is 19.8 Å². The van der Waals surface area contributed by atoms with Crippen LogP contribution in [0.4, 0.5) is 5.95 Å². The first-order valence-electron chi connectivity index (χ1n) is 13.2. The predicted octanol–water partition coefficient (Wildman–Crippen LogP) is 4.36. The van der Waals surface area contributed by atoms with Gasteiger partial charge in [-0.25, -0.2) is 9.97 Å². The van der Waals surface area contributed by atoms with Gasteiger partial charge in [-0.15, -0.1) is 0 Å². The van der Waals surface area contributed by atoms with Gasteiger partial charge in [0.25, 0.3) is 5.91 Å². The Kier molecular flexibility index (Phi) is 7.00. The van der Waals surface area contributed by atoms with Gasteiger partial charge in [0.05, 0.1) is 16.9 Å². The van der Waals surface area contributed by atoms with Crippen molar-refractivity contribution in [3.63, 3.8) is 0 Å². The summed E-state index contributed by atoms with van der Waals surface area (Å²) in [6.07, 6.45) is 4.32. The van der Waals surface area contributed by atoms with Crippen molar-refractivity contribution in [2.45, 2.75) is 37.8 Å². The maximum atomic E-state index is 13.3. The van der Waals surface area contributed by atoms with Gasteiger partial charge in [-0.3, -0.25) is 9.59 Å². The van der Waals surface area contributed by atoms with Crippen molar-refractivity contribution in [2.24, 2.45) is 0 Å². The molecule has 4 heterocycles. The SMILES string of the molecule is O=C(CN1Cc2ccc(-c3nc(NC4CCOCC4)ncc3Cl)cc2C1=O)N1CCC(c2ccccc2)C1. The first kappa shape index (κ1) is 24.8. The number of likely N-dealkylation sites (tertiary alicyclic amines) is 1. The minimum absolute atomic E-state index is 0.00696. The Morgan fingerprint density at radius 1 is 1.11 bits per heavy atom. The Bertz CT molecular complexity index is 1350. The van der Waals surface area contributed by atoms with Gasteiger partial charge in [-0.05, 0) is 36.5 Å². The molecule has 9 heteroatoms. The molecule has 2 amide bonds. The predicted molar refractivity (Wildman–Crippen MR) is 145 cm³/mol. The second-order valence-corrected chi connectivity index (χ2v) is 10.6. The lowest BCUT2D eigenvalue weighted by atomic mass is 9.99. The highest BCUT2D eigenvalue weighted by Gasteiger charge is 2.33. The number of nitrogens with zero attached hydrogens (tertiary/aromatic N) is 4. The number of rotatable bonds is 6. The molecule has 1 atom stereocenters. The quantitative estimate of drug-likeness (QED) is 0.508. The number of amides is 2. The Hall–Kier alpha value is -3.49. The molecule has 6 rings (SSSR count). The van der Waals surface area contributed by atoms with E-state index in [-0.39, 0.29) is 24.4 Å². The monoisotopic (exact) mass is 531 g/mol. The minimum atomic E-state index is -0.139. The van der Waals surface area contributed by atoms with Crippen LogP contribution in [0.2, 0.25) is 5.02 Å². The minimum Gasteiger partial charge on any atom is -0.381 e. The molecule has 0 spiro atoms. The number of nitrogens with one attached hydrogen (secondary N) is 1. The van der Waals surface area contributed by atoms with E-state index in [0.717, 1.165) is 43.6 Å². The van der Waals surface area contributed by atoms with Crippen molar-refractivity contribution in [3.8, 4) is 11.3 Å². The van der Waals surface area contributed by atoms with Gasteiger partial charge in [0, 0.05) is 55.9 Å². The zero-order chi connectivity index (χ0) is 26.1. The summed E-state index contributed by atoms with van der Waals surface area (Å²) in [5, 5.41) is 3.79. The standard InChI is InChI=1S/C29H30ClN5O3/c30-25-15-31-29(32-23-9-12-38-13-10-23)33-27(25)20-6-7-22-17-35(28(37)24(22)14-20)18-26(36)34-11-8-21(16-34)19-4-2-1-3-5-19/h1-7,14-15,21,23H,8-13,16-18H2,(H,31,32,33). The summed E-state index contributed by atoms with van der Waals surface area (Å²) in [6, 6.07) is 16.2. The molecule has 2 fully saturated rings. The van der Waals surface area contributed by atoms with Gasteiger partial charge < -0.3 is 19.9 Å². The average Bonchev–Trinajstić information content (AvgIpc) is 3.56. The van der Waals surface area contributed by atoms with Gasteiger partial charge in [-0.2, -0.15) is 0 Å². The van der Waals surface area contributed by atoms with Gasteiger partial charge >= 0.3 is 0 Å². The van der Waals surface area contributed by atoms with Crippen LogP contribution in [0.3, 0.4) is 0 Å². The van der Waals surface area contributed by atoms with Crippen LogP contribution in [0.1, 0.15) is 46.7 Å². The largest absolute Gasteiger partial charge is 0.381 e. The fourth-order valence-electron chi connectivity index (χ4n) is 5.55. The highest BCUT2D eigenvalue weighted by atomic mass is 35.5. The number of fused-ring (bicyclic) bond motifs is 1. The van der Waals surface area contributed by atoms with Gasteiger partial charge in [0.2, 0.25) is 11.9 Å². The van der Waals surface area contributed by atoms with Crippen LogP contribution in [0.25, 0.3) is 11.3 Å². The smallest absolute Gasteiger partial charge is 0.254 e. The summed E-state index contributed by atoms with van der Waals surface area (Å²) in [6.45, 7) is 3.35. The maximum Gasteiger partial charge on any atom is 0.254 e. The summed E-state index contributed by atoms with van der Waals surface area (Å²) in [5.41, 5.74) is 4.08. The molecule has 8 nitrogen and oxygen atoms in total. The number of halogens is 1. The molecule has 0 saturated carbocycles. The van der Waals surface area contributed by atoms with E-state index >= 15 is 0 Å². The third-order valence-corrected chi connectivity index (χ3v) is 7.98. The Labute approximate surface area is 227 Å². The van der Waals surface area contributed by atoms with E-state index in [1.54, 1.807) is 11.1 Å². The number of benzene rings is 2. The second-order valence-electron chi connectivity index (χ2n) is 10.2. The molecule has 3 aliphatic heterocycles. The molecule has 3 aliphatic rings. The molecular weight excluding hydrogens is 502 g/mol. The molecule has 2 saturated heterocycles. The normalized spacial score (nSPS) is 19.6. The number of carbonyl (C=O) groups excluding carboxylic acids is 2. The topological polar surface area (TPSA) is 87.7 Å². The van der Waals surface area contributed by atoms with Crippen molar-refractivity contribution in [3.05, 3.63) is 76.4 Å². The number of hydrogen-bond donors (Lipinski definition) is 1. The first-order chi connectivity index (χ1) is 18.5. The van der Waals surface area contributed by atoms with Gasteiger partial charge in [0.1, 0.15) is 6.54 Å². The summed E-state index contributed by atoms with van der Waals surface area (Å²) in [7, 11) is 0. The molecule has 0 bridgehead atoms. The van der Waals surface area contributed by atoms with Crippen LogP contribution in [0.5, 0.6) is 0 Å². The molecule has 0 aliphatic carbocycles. The Morgan fingerprint density at radius 2 is 1.92 bits per heavy atom. The zero-order valence-corrected chi connectivity index (χ0v) is 21.9. The van der Waals surface area contributed by atoms with E-state index < -0.39 is 0 Å². The number of ether oxygens (including phenoxy) is 1. The van der Waals surface area contributed by atoms with Crippen LogP contribution in [-0.2, 0) is 16.1 Å². The molecular formula is C29H30ClN5O3. The number of anilines is 1. The van der Waals surface area contributed by atoms with Crippen LogP contribution in [-0.4, -0.2) is 70.5 Å². The summed E-state index contributed by atoms with van der Waals surface area (Å²) < 4.78 is 5.43. The fourth-order valence-corrected chi connectivity index (χ4v) is 5.75. The van der Waals surface area contributed by atoms with Crippen molar-refractivity contribution in [1.29, 1.82) is 0 Å². The fraction of sp³-hybridized carbons (Fsp3) is 0.379. The van der Waals surface area contributed by atoms with Crippen LogP contribution >= 0.6 is 11.6 Å². The Balaban J connectivity index is 1.13. The van der Waals surface area contributed by atoms with Crippen LogP contribution in [0.15, 0.2) is 54.7 Å². The third kappa shape index (κ3) is 5.11. The zero-order valence-electron chi connectivity index (χ0n) is 21.1. The first-order valence-corrected chi connectivity index (χ1v) is 13.5. The van der Waals surface area contributed by atoms with Crippen molar-refractivity contribution >= 4 is 29.4 Å². The number of carbonyl (C=O) groups is 2. The van der Waals surface area contributed by atoms with E-state index in [0.29, 0.717) is 47.8 Å². The molecule has 2 aromatic carbocycles. The van der Waals surface area contributed by atoms with Crippen LogP contribution < -0.4 is 5.32 Å². The molecule has 1 N–H and O–H groups in total. The Morgan fingerprint density at radius 3 is 2.74 bits per heavy atom. The lowest BCUT2D eigenvalue weighted by Crippen LogP contribution is -2.39. The summed E-state index contributed by atoms with van der Waals surface area (Å²) >= 11 is 6.47. The van der Waals surface area contributed by atoms with E-state index in [1.165, 1.54) is 5.56 Å². The van der Waals surface area contributed by atoms with Gasteiger partial charge in [0.15, 0.2) is 0 Å². The molecule has 1 aromatic heterocycles. The van der Waals surface area contributed by atoms with E-state index in [4.69, 9.17) is 16.3 Å². The van der Waals surface area contributed by atoms with Crippen molar-refractivity contribution < 1.29 is 14.3 Å². The van der Waals surface area contributed by atoms with E-state index in [1.807, 2.05) is 41.3 Å². The number of hydrogen-bond acceptors (Lipinski definition) is 6. The van der Waals surface area contributed by atoms with Crippen LogP contribution in [0, 0.1) is 0 Å². The van der Waals surface area contributed by atoms with Gasteiger partial charge in [-0.1, -0.05) is 54.1 Å². The second kappa shape index (κ2) is 10.7. The molecule has 0 radical (unpaired) electrons. The summed E-state index contributed by atoms with van der Waals surface area (Å²) in [5.74, 6) is 0.708. The lowest BCUT2D eigenvalue weighted by molar-refractivity contribution is -0.130. The average molecular weight is 532 g/mol. The van der Waals surface area contributed by atoms with Crippen molar-refractivity contribution in [2.75, 3.05) is 38.2 Å². The lowest BCUT2D eigenvalue weighted by Gasteiger charge is -2.23. The highest BCUT2D eigenvalue weighted by Crippen LogP contribution is 2.32. The third-order valence-electron chi connectivity index (χ3n) is 7.70. The van der Waals surface area contributed by atoms with E-state index in [9.17, 15) is 9.59 Å². The molecule has 38 heavy (non-hydrogen) atoms. The van der Waals surface area contributed by atoms with E-state index in [2.05, 4.69) is 27.4 Å².